The van der Waals surface area contributed by atoms with Crippen molar-refractivity contribution in [1.29, 1.82) is 0 Å². The molecule has 2 aliphatic carbocycles. The van der Waals surface area contributed by atoms with E-state index in [0.717, 1.165) is 28.9 Å². The number of benzene rings is 3. The topological polar surface area (TPSA) is 32.7 Å². The van der Waals surface area contributed by atoms with Gasteiger partial charge in [-0.2, -0.15) is 0 Å². The largest absolute Gasteiger partial charge is 0.332 e. The number of fused-ring (bicyclic) bond motifs is 4. The molecule has 6 rings (SSSR count). The lowest BCUT2D eigenvalue weighted by Gasteiger charge is -2.28. The minimum Gasteiger partial charge on any atom is -0.332 e. The SMILES string of the molecule is Cc1ccc(-c2ccc(N=C3C#CC4CC3N(C)C(=O)c3cccc(C5CC5)c34)c(C)c2)cc1. The molecule has 0 aromatic heterocycles. The van der Waals surface area contributed by atoms with E-state index in [1.54, 1.807) is 0 Å². The van der Waals surface area contributed by atoms with E-state index in [9.17, 15) is 4.79 Å². The summed E-state index contributed by atoms with van der Waals surface area (Å²) in [6, 6.07) is 21.1. The van der Waals surface area contributed by atoms with E-state index in [4.69, 9.17) is 4.99 Å². The maximum absolute atomic E-state index is 13.5. The summed E-state index contributed by atoms with van der Waals surface area (Å²) in [6.07, 6.45) is 3.24. The second-order valence-corrected chi connectivity index (χ2v) is 9.94. The average Bonchev–Trinajstić information content (AvgIpc) is 3.70. The van der Waals surface area contributed by atoms with E-state index in [2.05, 4.69) is 74.2 Å². The molecule has 0 N–H and O–H groups in total. The molecule has 3 aliphatic rings. The van der Waals surface area contributed by atoms with Gasteiger partial charge in [0.15, 0.2) is 0 Å². The molecular formula is C31H28N2O. The minimum absolute atomic E-state index is 0.0784. The first-order valence-corrected chi connectivity index (χ1v) is 12.2. The van der Waals surface area contributed by atoms with Crippen LogP contribution in [0.25, 0.3) is 11.1 Å². The quantitative estimate of drug-likeness (QED) is 0.421. The number of nitrogens with zero attached hydrogens (tertiary/aromatic N) is 2. The third kappa shape index (κ3) is 3.55. The van der Waals surface area contributed by atoms with Crippen LogP contribution in [0.5, 0.6) is 0 Å². The van der Waals surface area contributed by atoms with Gasteiger partial charge in [-0.3, -0.25) is 4.79 Å². The van der Waals surface area contributed by atoms with Gasteiger partial charge < -0.3 is 4.90 Å². The first kappa shape index (κ1) is 20.9. The molecule has 1 saturated carbocycles. The van der Waals surface area contributed by atoms with Gasteiger partial charge in [0, 0.05) is 18.5 Å². The van der Waals surface area contributed by atoms with E-state index < -0.39 is 0 Å². The molecule has 1 aliphatic heterocycles. The fraction of sp³-hybridized carbons (Fsp3) is 0.290. The van der Waals surface area contributed by atoms with Crippen LogP contribution >= 0.6 is 0 Å². The van der Waals surface area contributed by atoms with Gasteiger partial charge in [0.05, 0.1) is 11.7 Å². The maximum atomic E-state index is 13.5. The van der Waals surface area contributed by atoms with Crippen molar-refractivity contribution in [2.75, 3.05) is 7.05 Å². The first-order valence-electron chi connectivity index (χ1n) is 12.2. The molecule has 0 spiro atoms. The average molecular weight is 445 g/mol. The summed E-state index contributed by atoms with van der Waals surface area (Å²) in [5.41, 5.74) is 9.79. The van der Waals surface area contributed by atoms with Crippen LogP contribution in [-0.2, 0) is 0 Å². The Kier molecular flexibility index (Phi) is 4.92. The number of amides is 1. The Labute approximate surface area is 201 Å². The van der Waals surface area contributed by atoms with Crippen molar-refractivity contribution in [3.05, 3.63) is 88.5 Å². The van der Waals surface area contributed by atoms with E-state index in [-0.39, 0.29) is 17.9 Å². The van der Waals surface area contributed by atoms with Crippen LogP contribution in [0.2, 0.25) is 0 Å². The van der Waals surface area contributed by atoms with Gasteiger partial charge >= 0.3 is 0 Å². The minimum atomic E-state index is -0.102. The monoisotopic (exact) mass is 444 g/mol. The number of hydrogen-bond acceptors (Lipinski definition) is 2. The van der Waals surface area contributed by atoms with Crippen molar-refractivity contribution in [3.63, 3.8) is 0 Å². The molecule has 2 bridgehead atoms. The van der Waals surface area contributed by atoms with Gasteiger partial charge in [-0.05, 0) is 91.0 Å². The van der Waals surface area contributed by atoms with E-state index >= 15 is 0 Å². The molecule has 3 nitrogen and oxygen atoms in total. The highest BCUT2D eigenvalue weighted by Crippen LogP contribution is 2.46. The Morgan fingerprint density at radius 2 is 1.74 bits per heavy atom. The van der Waals surface area contributed by atoms with Crippen LogP contribution in [0.15, 0.2) is 65.7 Å². The highest BCUT2D eigenvalue weighted by Gasteiger charge is 2.39. The normalized spacial score (nSPS) is 22.1. The van der Waals surface area contributed by atoms with Crippen molar-refractivity contribution in [1.82, 2.24) is 4.90 Å². The van der Waals surface area contributed by atoms with Gasteiger partial charge in [-0.1, -0.05) is 53.9 Å². The summed E-state index contributed by atoms with van der Waals surface area (Å²) < 4.78 is 0. The predicted octanol–water partition coefficient (Wildman–Crippen LogP) is 6.57. The van der Waals surface area contributed by atoms with Crippen LogP contribution < -0.4 is 0 Å². The molecule has 34 heavy (non-hydrogen) atoms. The summed E-state index contributed by atoms with van der Waals surface area (Å²) in [5, 5.41) is 0. The Balaban J connectivity index is 1.38. The molecule has 3 heteroatoms. The second kappa shape index (κ2) is 7.99. The molecule has 0 radical (unpaired) electrons. The fourth-order valence-electron chi connectivity index (χ4n) is 5.35. The van der Waals surface area contributed by atoms with Gasteiger partial charge in [-0.15, -0.1) is 0 Å². The number of rotatable bonds is 3. The summed E-state index contributed by atoms with van der Waals surface area (Å²) in [5.74, 6) is 7.62. The van der Waals surface area contributed by atoms with Crippen LogP contribution in [0.4, 0.5) is 5.69 Å². The maximum Gasteiger partial charge on any atom is 0.254 e. The van der Waals surface area contributed by atoms with E-state index in [1.165, 1.54) is 40.7 Å². The number of aliphatic imine (C=N–C) groups is 1. The lowest BCUT2D eigenvalue weighted by atomic mass is 9.83. The summed E-state index contributed by atoms with van der Waals surface area (Å²) in [4.78, 5) is 20.3. The molecule has 1 heterocycles. The Morgan fingerprint density at radius 1 is 0.971 bits per heavy atom. The lowest BCUT2D eigenvalue weighted by Crippen LogP contribution is -2.42. The molecule has 2 atom stereocenters. The zero-order valence-corrected chi connectivity index (χ0v) is 19.9. The molecule has 1 fully saturated rings. The third-order valence-corrected chi connectivity index (χ3v) is 7.50. The van der Waals surface area contributed by atoms with Crippen LogP contribution in [0, 0.1) is 25.7 Å². The third-order valence-electron chi connectivity index (χ3n) is 7.50. The zero-order valence-electron chi connectivity index (χ0n) is 19.9. The van der Waals surface area contributed by atoms with Gasteiger partial charge in [0.1, 0.15) is 5.71 Å². The Hall–Kier alpha value is -3.64. The number of carbonyl (C=O) groups excluding carboxylic acids is 1. The number of aryl methyl sites for hydroxylation is 2. The van der Waals surface area contributed by atoms with Crippen molar-refractivity contribution < 1.29 is 4.79 Å². The molecule has 2 unspecified atom stereocenters. The molecule has 168 valence electrons. The van der Waals surface area contributed by atoms with Crippen molar-refractivity contribution in [2.24, 2.45) is 4.99 Å². The van der Waals surface area contributed by atoms with Gasteiger partial charge in [0.2, 0.25) is 0 Å². The molecule has 0 saturated heterocycles. The van der Waals surface area contributed by atoms with E-state index in [0.29, 0.717) is 5.92 Å². The smallest absolute Gasteiger partial charge is 0.254 e. The van der Waals surface area contributed by atoms with Crippen LogP contribution in [0.3, 0.4) is 0 Å². The molecular weight excluding hydrogens is 416 g/mol. The highest BCUT2D eigenvalue weighted by molar-refractivity contribution is 6.10. The summed E-state index contributed by atoms with van der Waals surface area (Å²) in [7, 11) is 1.90. The van der Waals surface area contributed by atoms with E-state index in [1.807, 2.05) is 24.1 Å². The summed E-state index contributed by atoms with van der Waals surface area (Å²) >= 11 is 0. The lowest BCUT2D eigenvalue weighted by molar-refractivity contribution is 0.0773. The fourth-order valence-corrected chi connectivity index (χ4v) is 5.35. The van der Waals surface area contributed by atoms with Gasteiger partial charge in [0.25, 0.3) is 5.91 Å². The van der Waals surface area contributed by atoms with Crippen molar-refractivity contribution in [3.8, 4) is 23.0 Å². The molecule has 1 amide bonds. The first-order chi connectivity index (χ1) is 16.5. The zero-order chi connectivity index (χ0) is 23.4. The number of hydrogen-bond donors (Lipinski definition) is 0. The van der Waals surface area contributed by atoms with Crippen molar-refractivity contribution >= 4 is 17.3 Å². The molecule has 3 aromatic carbocycles. The van der Waals surface area contributed by atoms with Crippen LogP contribution in [0.1, 0.15) is 63.7 Å². The van der Waals surface area contributed by atoms with Gasteiger partial charge in [-0.25, -0.2) is 4.99 Å². The Bertz CT molecular complexity index is 1400. The second-order valence-electron chi connectivity index (χ2n) is 9.94. The Morgan fingerprint density at radius 3 is 2.47 bits per heavy atom. The van der Waals surface area contributed by atoms with Crippen molar-refractivity contribution in [2.45, 2.75) is 51.0 Å². The van der Waals surface area contributed by atoms with Crippen LogP contribution in [-0.4, -0.2) is 29.6 Å². The predicted molar refractivity (Wildman–Crippen MR) is 138 cm³/mol. The standard InChI is InChI=1S/C31H28N2O/c1-19-7-9-21(10-8-19)23-13-15-27(20(2)17-23)32-28-16-14-24-18-29(28)33(3)31(34)26-6-4-5-25(30(24)26)22-11-12-22/h4-10,13,15,17,22,24,29H,11-12,18H2,1-3H3. The summed E-state index contributed by atoms with van der Waals surface area (Å²) in [6.45, 7) is 4.19. The highest BCUT2D eigenvalue weighted by atomic mass is 16.2. The molecule has 3 aromatic rings. The number of carbonyl (C=O) groups is 1.